The van der Waals surface area contributed by atoms with E-state index in [-0.39, 0.29) is 5.41 Å². The molecule has 14 heavy (non-hydrogen) atoms. The highest BCUT2D eigenvalue weighted by Gasteiger charge is 2.33. The molecule has 2 nitrogen and oxygen atoms in total. The molecular weight excluding hydrogens is 176 g/mol. The summed E-state index contributed by atoms with van der Waals surface area (Å²) >= 11 is 0. The van der Waals surface area contributed by atoms with E-state index in [1.54, 1.807) is 0 Å². The first-order valence-corrected chi connectivity index (χ1v) is 5.90. The molecule has 82 valence electrons. The summed E-state index contributed by atoms with van der Waals surface area (Å²) < 4.78 is 0. The van der Waals surface area contributed by atoms with Crippen LogP contribution in [0.5, 0.6) is 0 Å². The molecule has 0 saturated heterocycles. The summed E-state index contributed by atoms with van der Waals surface area (Å²) in [5, 5.41) is 8.93. The van der Waals surface area contributed by atoms with Crippen molar-refractivity contribution in [2.75, 3.05) is 0 Å². The first-order valence-electron chi connectivity index (χ1n) is 5.90. The van der Waals surface area contributed by atoms with Gasteiger partial charge in [0, 0.05) is 0 Å². The number of aliphatic carboxylic acids is 1. The van der Waals surface area contributed by atoms with Crippen molar-refractivity contribution in [3.05, 3.63) is 0 Å². The first-order chi connectivity index (χ1) is 6.68. The molecule has 1 aliphatic carbocycles. The van der Waals surface area contributed by atoms with Crippen molar-refractivity contribution < 1.29 is 9.90 Å². The van der Waals surface area contributed by atoms with E-state index >= 15 is 0 Å². The van der Waals surface area contributed by atoms with Gasteiger partial charge in [-0.1, -0.05) is 39.0 Å². The Morgan fingerprint density at radius 3 is 2.43 bits per heavy atom. The highest BCUT2D eigenvalue weighted by molar-refractivity contribution is 5.67. The smallest absolute Gasteiger partial charge is 0.303 e. The zero-order chi connectivity index (χ0) is 10.4. The third-order valence-corrected chi connectivity index (χ3v) is 3.50. The Morgan fingerprint density at radius 2 is 1.93 bits per heavy atom. The van der Waals surface area contributed by atoms with Crippen LogP contribution >= 0.6 is 0 Å². The maximum atomic E-state index is 10.8. The van der Waals surface area contributed by atoms with Gasteiger partial charge in [0.1, 0.15) is 0 Å². The predicted molar refractivity (Wildman–Crippen MR) is 57.3 cm³/mol. The molecule has 1 saturated carbocycles. The van der Waals surface area contributed by atoms with Crippen LogP contribution in [0.3, 0.4) is 0 Å². The Kier molecular flexibility index (Phi) is 4.43. The zero-order valence-electron chi connectivity index (χ0n) is 9.22. The molecule has 0 amide bonds. The van der Waals surface area contributed by atoms with Gasteiger partial charge in [-0.15, -0.1) is 0 Å². The number of hydrogen-bond acceptors (Lipinski definition) is 1. The molecule has 0 aromatic carbocycles. The van der Waals surface area contributed by atoms with Crippen molar-refractivity contribution in [2.24, 2.45) is 5.41 Å². The molecule has 0 radical (unpaired) electrons. The molecule has 1 N–H and O–H groups in total. The van der Waals surface area contributed by atoms with E-state index in [0.29, 0.717) is 6.42 Å². The maximum Gasteiger partial charge on any atom is 0.303 e. The van der Waals surface area contributed by atoms with Crippen LogP contribution in [0.15, 0.2) is 0 Å². The van der Waals surface area contributed by atoms with Crippen molar-refractivity contribution in [1.82, 2.24) is 0 Å². The molecule has 2 heteroatoms. The lowest BCUT2D eigenvalue weighted by atomic mass is 9.69. The average Bonchev–Trinajstić information content (AvgIpc) is 2.15. The maximum absolute atomic E-state index is 10.8. The molecule has 0 aromatic rings. The number of carboxylic acids is 1. The first kappa shape index (κ1) is 11.5. The van der Waals surface area contributed by atoms with Crippen molar-refractivity contribution in [3.8, 4) is 0 Å². The fraction of sp³-hybridized carbons (Fsp3) is 0.917. The van der Waals surface area contributed by atoms with E-state index in [0.717, 1.165) is 19.3 Å². The fourth-order valence-corrected chi connectivity index (χ4v) is 2.69. The summed E-state index contributed by atoms with van der Waals surface area (Å²) in [4.78, 5) is 10.8. The molecule has 1 aliphatic rings. The standard InChI is InChI=1S/C12H22O2/c1-2-3-7-12(10-11(13)14)8-5-4-6-9-12/h2-10H2,1H3,(H,13,14). The van der Waals surface area contributed by atoms with E-state index in [1.807, 2.05) is 0 Å². The number of hydrogen-bond donors (Lipinski definition) is 1. The number of carboxylic acid groups (broad SMARTS) is 1. The molecule has 0 heterocycles. The van der Waals surface area contributed by atoms with Crippen LogP contribution in [0.1, 0.15) is 64.7 Å². The Labute approximate surface area is 86.7 Å². The highest BCUT2D eigenvalue weighted by Crippen LogP contribution is 2.43. The molecule has 0 unspecified atom stereocenters. The Bertz CT molecular complexity index is 181. The molecule has 1 rings (SSSR count). The molecule has 1 fully saturated rings. The Morgan fingerprint density at radius 1 is 1.29 bits per heavy atom. The van der Waals surface area contributed by atoms with Gasteiger partial charge in [-0.25, -0.2) is 0 Å². The Hall–Kier alpha value is -0.530. The van der Waals surface area contributed by atoms with Gasteiger partial charge in [0.2, 0.25) is 0 Å². The lowest BCUT2D eigenvalue weighted by Crippen LogP contribution is -2.27. The van der Waals surface area contributed by atoms with Crippen LogP contribution in [0, 0.1) is 5.41 Å². The van der Waals surface area contributed by atoms with Gasteiger partial charge in [0.05, 0.1) is 6.42 Å². The molecule has 0 aliphatic heterocycles. The Balaban J connectivity index is 2.52. The SMILES string of the molecule is CCCCC1(CC(=O)O)CCCCC1. The summed E-state index contributed by atoms with van der Waals surface area (Å²) in [6, 6.07) is 0. The number of unbranched alkanes of at least 4 members (excludes halogenated alkanes) is 1. The normalized spacial score (nSPS) is 20.6. The minimum Gasteiger partial charge on any atom is -0.481 e. The molecule has 0 bridgehead atoms. The monoisotopic (exact) mass is 198 g/mol. The number of carbonyl (C=O) groups is 1. The van der Waals surface area contributed by atoms with E-state index in [9.17, 15) is 4.79 Å². The molecule has 0 atom stereocenters. The van der Waals surface area contributed by atoms with Crippen molar-refractivity contribution in [2.45, 2.75) is 64.7 Å². The van der Waals surface area contributed by atoms with Crippen LogP contribution in [0.2, 0.25) is 0 Å². The predicted octanol–water partition coefficient (Wildman–Crippen LogP) is 3.60. The van der Waals surface area contributed by atoms with Gasteiger partial charge in [0.25, 0.3) is 0 Å². The topological polar surface area (TPSA) is 37.3 Å². The zero-order valence-corrected chi connectivity index (χ0v) is 9.22. The van der Waals surface area contributed by atoms with Gasteiger partial charge in [-0.05, 0) is 24.7 Å². The largest absolute Gasteiger partial charge is 0.481 e. The summed E-state index contributed by atoms with van der Waals surface area (Å²) in [6.45, 7) is 2.18. The summed E-state index contributed by atoms with van der Waals surface area (Å²) in [5.74, 6) is -0.608. The lowest BCUT2D eigenvalue weighted by molar-refractivity contribution is -0.140. The van der Waals surface area contributed by atoms with Gasteiger partial charge >= 0.3 is 5.97 Å². The van der Waals surface area contributed by atoms with E-state index in [2.05, 4.69) is 6.92 Å². The summed E-state index contributed by atoms with van der Waals surface area (Å²) in [6.07, 6.45) is 9.93. The number of rotatable bonds is 5. The lowest BCUT2D eigenvalue weighted by Gasteiger charge is -2.36. The summed E-state index contributed by atoms with van der Waals surface area (Å²) in [5.41, 5.74) is 0.153. The minimum absolute atomic E-state index is 0.153. The van der Waals surface area contributed by atoms with Crippen LogP contribution in [0.25, 0.3) is 0 Å². The molecule has 0 spiro atoms. The van der Waals surface area contributed by atoms with Crippen LogP contribution < -0.4 is 0 Å². The summed E-state index contributed by atoms with van der Waals surface area (Å²) in [7, 11) is 0. The second kappa shape index (κ2) is 5.38. The quantitative estimate of drug-likeness (QED) is 0.732. The molecule has 0 aromatic heterocycles. The average molecular weight is 198 g/mol. The second-order valence-electron chi connectivity index (χ2n) is 4.73. The van der Waals surface area contributed by atoms with Crippen LogP contribution in [-0.4, -0.2) is 11.1 Å². The minimum atomic E-state index is -0.608. The van der Waals surface area contributed by atoms with E-state index in [1.165, 1.54) is 32.1 Å². The van der Waals surface area contributed by atoms with Gasteiger partial charge in [0.15, 0.2) is 0 Å². The van der Waals surface area contributed by atoms with E-state index in [4.69, 9.17) is 5.11 Å². The van der Waals surface area contributed by atoms with Crippen LogP contribution in [-0.2, 0) is 4.79 Å². The third-order valence-electron chi connectivity index (χ3n) is 3.50. The van der Waals surface area contributed by atoms with Gasteiger partial charge in [-0.2, -0.15) is 0 Å². The van der Waals surface area contributed by atoms with Crippen LogP contribution in [0.4, 0.5) is 0 Å². The van der Waals surface area contributed by atoms with Gasteiger partial charge in [-0.3, -0.25) is 4.79 Å². The highest BCUT2D eigenvalue weighted by atomic mass is 16.4. The van der Waals surface area contributed by atoms with E-state index < -0.39 is 5.97 Å². The second-order valence-corrected chi connectivity index (χ2v) is 4.73. The third kappa shape index (κ3) is 3.32. The molecular formula is C12H22O2. The van der Waals surface area contributed by atoms with Crippen molar-refractivity contribution in [1.29, 1.82) is 0 Å². The van der Waals surface area contributed by atoms with Gasteiger partial charge < -0.3 is 5.11 Å². The van der Waals surface area contributed by atoms with Crippen molar-refractivity contribution >= 4 is 5.97 Å². The van der Waals surface area contributed by atoms with Crippen molar-refractivity contribution in [3.63, 3.8) is 0 Å². The fourth-order valence-electron chi connectivity index (χ4n) is 2.69.